The van der Waals surface area contributed by atoms with E-state index in [-0.39, 0.29) is 17.2 Å². The fourth-order valence-corrected chi connectivity index (χ4v) is 2.06. The molecule has 1 unspecified atom stereocenters. The second-order valence-electron chi connectivity index (χ2n) is 5.45. The fraction of sp³-hybridized carbons (Fsp3) is 0.500. The van der Waals surface area contributed by atoms with Crippen molar-refractivity contribution in [2.75, 3.05) is 0 Å². The number of primary amides is 1. The molecule has 1 aromatic rings. The number of carbonyl (C=O) groups is 1. The lowest BCUT2D eigenvalue weighted by Gasteiger charge is -2.31. The first-order valence-electron chi connectivity index (χ1n) is 5.66. The Morgan fingerprint density at radius 3 is 2.31 bits per heavy atom. The molecule has 2 heteroatoms. The normalized spacial score (nSPS) is 13.5. The highest BCUT2D eigenvalue weighted by molar-refractivity contribution is 5.75. The van der Waals surface area contributed by atoms with Crippen LogP contribution >= 0.6 is 0 Å². The van der Waals surface area contributed by atoms with E-state index < -0.39 is 0 Å². The van der Waals surface area contributed by atoms with Crippen molar-refractivity contribution in [2.24, 2.45) is 11.1 Å². The molecular formula is C14H21NO. The van der Waals surface area contributed by atoms with Gasteiger partial charge in [-0.2, -0.15) is 0 Å². The Hall–Kier alpha value is -1.31. The number of amides is 1. The van der Waals surface area contributed by atoms with E-state index in [0.717, 1.165) is 0 Å². The van der Waals surface area contributed by atoms with Gasteiger partial charge in [0.1, 0.15) is 0 Å². The highest BCUT2D eigenvalue weighted by Crippen LogP contribution is 2.38. The van der Waals surface area contributed by atoms with E-state index >= 15 is 0 Å². The molecule has 0 fully saturated rings. The molecule has 0 radical (unpaired) electrons. The van der Waals surface area contributed by atoms with E-state index in [2.05, 4.69) is 39.8 Å². The van der Waals surface area contributed by atoms with Gasteiger partial charge in [0.25, 0.3) is 0 Å². The summed E-state index contributed by atoms with van der Waals surface area (Å²) in [7, 11) is 0. The fourth-order valence-electron chi connectivity index (χ4n) is 2.06. The number of carbonyl (C=O) groups excluding carboxylic acids is 1. The van der Waals surface area contributed by atoms with Crippen molar-refractivity contribution in [3.63, 3.8) is 0 Å². The Morgan fingerprint density at radius 2 is 1.88 bits per heavy atom. The average Bonchev–Trinajstić information content (AvgIpc) is 2.13. The summed E-state index contributed by atoms with van der Waals surface area (Å²) < 4.78 is 0. The molecule has 0 aromatic heterocycles. The van der Waals surface area contributed by atoms with Crippen LogP contribution in [0, 0.1) is 12.3 Å². The predicted octanol–water partition coefficient (Wildman–Crippen LogP) is 3.00. The third-order valence-electron chi connectivity index (χ3n) is 3.01. The smallest absolute Gasteiger partial charge is 0.218 e. The third-order valence-corrected chi connectivity index (χ3v) is 3.01. The molecule has 0 spiro atoms. The van der Waals surface area contributed by atoms with Gasteiger partial charge in [0.15, 0.2) is 0 Å². The van der Waals surface area contributed by atoms with E-state index in [4.69, 9.17) is 5.73 Å². The summed E-state index contributed by atoms with van der Waals surface area (Å²) in [6.45, 7) is 8.52. The number of benzene rings is 1. The van der Waals surface area contributed by atoms with Gasteiger partial charge in [0.2, 0.25) is 5.91 Å². The van der Waals surface area contributed by atoms with Crippen LogP contribution in [0.4, 0.5) is 0 Å². The molecule has 0 saturated carbocycles. The molecule has 16 heavy (non-hydrogen) atoms. The number of hydrogen-bond donors (Lipinski definition) is 1. The molecule has 0 heterocycles. The van der Waals surface area contributed by atoms with Gasteiger partial charge in [-0.1, -0.05) is 45.0 Å². The molecule has 1 rings (SSSR count). The summed E-state index contributed by atoms with van der Waals surface area (Å²) in [5.74, 6) is -0.0469. The minimum Gasteiger partial charge on any atom is -0.370 e. The van der Waals surface area contributed by atoms with Crippen LogP contribution in [0.3, 0.4) is 0 Å². The molecule has 88 valence electrons. The lowest BCUT2D eigenvalue weighted by atomic mass is 9.73. The highest BCUT2D eigenvalue weighted by atomic mass is 16.1. The van der Waals surface area contributed by atoms with E-state index in [9.17, 15) is 4.79 Å². The maximum absolute atomic E-state index is 11.2. The summed E-state index contributed by atoms with van der Waals surface area (Å²) in [5, 5.41) is 0. The molecule has 1 aromatic carbocycles. The SMILES string of the molecule is Cc1ccccc1C(CC(N)=O)C(C)(C)C. The molecular weight excluding hydrogens is 198 g/mol. The van der Waals surface area contributed by atoms with Crippen molar-refractivity contribution in [3.8, 4) is 0 Å². The van der Waals surface area contributed by atoms with E-state index in [1.165, 1.54) is 11.1 Å². The maximum atomic E-state index is 11.2. The Morgan fingerprint density at radius 1 is 1.31 bits per heavy atom. The van der Waals surface area contributed by atoms with Crippen LogP contribution in [-0.4, -0.2) is 5.91 Å². The molecule has 0 aliphatic heterocycles. The minimum atomic E-state index is -0.233. The lowest BCUT2D eigenvalue weighted by Crippen LogP contribution is -2.25. The highest BCUT2D eigenvalue weighted by Gasteiger charge is 2.28. The van der Waals surface area contributed by atoms with Crippen molar-refractivity contribution in [1.29, 1.82) is 0 Å². The van der Waals surface area contributed by atoms with Crippen LogP contribution in [0.1, 0.15) is 44.2 Å². The maximum Gasteiger partial charge on any atom is 0.218 e. The van der Waals surface area contributed by atoms with Gasteiger partial charge in [-0.05, 0) is 29.4 Å². The van der Waals surface area contributed by atoms with Crippen molar-refractivity contribution in [3.05, 3.63) is 35.4 Å². The lowest BCUT2D eigenvalue weighted by molar-refractivity contribution is -0.118. The zero-order valence-corrected chi connectivity index (χ0v) is 10.6. The average molecular weight is 219 g/mol. The van der Waals surface area contributed by atoms with Crippen LogP contribution in [0.2, 0.25) is 0 Å². The van der Waals surface area contributed by atoms with Crippen molar-refractivity contribution >= 4 is 5.91 Å². The predicted molar refractivity (Wildman–Crippen MR) is 67.2 cm³/mol. The molecule has 1 atom stereocenters. The summed E-state index contributed by atoms with van der Waals surface area (Å²) in [6, 6.07) is 8.20. The summed E-state index contributed by atoms with van der Waals surface area (Å²) in [6.07, 6.45) is 0.411. The first-order valence-corrected chi connectivity index (χ1v) is 5.66. The molecule has 0 bridgehead atoms. The van der Waals surface area contributed by atoms with Crippen LogP contribution < -0.4 is 5.73 Å². The van der Waals surface area contributed by atoms with Gasteiger partial charge in [-0.15, -0.1) is 0 Å². The molecule has 0 aliphatic carbocycles. The first kappa shape index (κ1) is 12.8. The minimum absolute atomic E-state index is 0.0428. The number of hydrogen-bond acceptors (Lipinski definition) is 1. The second kappa shape index (κ2) is 4.69. The van der Waals surface area contributed by atoms with Crippen molar-refractivity contribution in [2.45, 2.75) is 40.0 Å². The van der Waals surface area contributed by atoms with Crippen LogP contribution in [0.15, 0.2) is 24.3 Å². The molecule has 0 saturated heterocycles. The largest absolute Gasteiger partial charge is 0.370 e. The van der Waals surface area contributed by atoms with Gasteiger partial charge in [-0.25, -0.2) is 0 Å². The Labute approximate surface area is 97.9 Å². The van der Waals surface area contributed by atoms with Crippen LogP contribution in [0.25, 0.3) is 0 Å². The van der Waals surface area contributed by atoms with Gasteiger partial charge in [-0.3, -0.25) is 4.79 Å². The molecule has 1 amide bonds. The molecule has 2 nitrogen and oxygen atoms in total. The van der Waals surface area contributed by atoms with E-state index in [1.54, 1.807) is 0 Å². The van der Waals surface area contributed by atoms with Gasteiger partial charge in [0.05, 0.1) is 0 Å². The number of nitrogens with two attached hydrogens (primary N) is 1. The van der Waals surface area contributed by atoms with Gasteiger partial charge < -0.3 is 5.73 Å². The standard InChI is InChI=1S/C14H21NO/c1-10-7-5-6-8-11(10)12(9-13(15)16)14(2,3)4/h5-8,12H,9H2,1-4H3,(H2,15,16). The second-order valence-corrected chi connectivity index (χ2v) is 5.45. The van der Waals surface area contributed by atoms with Crippen LogP contribution in [-0.2, 0) is 4.79 Å². The molecule has 2 N–H and O–H groups in total. The quantitative estimate of drug-likeness (QED) is 0.834. The monoisotopic (exact) mass is 219 g/mol. The zero-order chi connectivity index (χ0) is 12.3. The van der Waals surface area contributed by atoms with Crippen molar-refractivity contribution < 1.29 is 4.79 Å². The zero-order valence-electron chi connectivity index (χ0n) is 10.6. The topological polar surface area (TPSA) is 43.1 Å². The Kier molecular flexibility index (Phi) is 3.74. The van der Waals surface area contributed by atoms with Crippen LogP contribution in [0.5, 0.6) is 0 Å². The summed E-state index contributed by atoms with van der Waals surface area (Å²) in [4.78, 5) is 11.2. The van der Waals surface area contributed by atoms with Gasteiger partial charge >= 0.3 is 0 Å². The Balaban J connectivity index is 3.12. The van der Waals surface area contributed by atoms with Crippen molar-refractivity contribution in [1.82, 2.24) is 0 Å². The number of rotatable bonds is 3. The summed E-state index contributed by atoms with van der Waals surface area (Å²) in [5.41, 5.74) is 7.84. The van der Waals surface area contributed by atoms with E-state index in [1.807, 2.05) is 12.1 Å². The van der Waals surface area contributed by atoms with Gasteiger partial charge in [0, 0.05) is 6.42 Å². The summed E-state index contributed by atoms with van der Waals surface area (Å²) >= 11 is 0. The van der Waals surface area contributed by atoms with E-state index in [0.29, 0.717) is 6.42 Å². The first-order chi connectivity index (χ1) is 7.32. The number of aryl methyl sites for hydroxylation is 1. The molecule has 0 aliphatic rings. The third kappa shape index (κ3) is 3.09. The Bertz CT molecular complexity index is 377.